The zero-order valence-corrected chi connectivity index (χ0v) is 12.1. The van der Waals surface area contributed by atoms with Crippen LogP contribution in [0, 0.1) is 12.8 Å². The van der Waals surface area contributed by atoms with Crippen LogP contribution in [-0.2, 0) is 6.54 Å². The van der Waals surface area contributed by atoms with Crippen molar-refractivity contribution in [2.75, 3.05) is 13.7 Å². The Bertz CT molecular complexity index is 350. The number of hydrogen-bond acceptors (Lipinski definition) is 3. The molecule has 0 saturated carbocycles. The molecule has 1 heterocycles. The molecule has 1 aromatic rings. The summed E-state index contributed by atoms with van der Waals surface area (Å²) in [6.45, 7) is 8.42. The zero-order valence-electron chi connectivity index (χ0n) is 12.1. The third kappa shape index (κ3) is 6.01. The Kier molecular flexibility index (Phi) is 6.73. The van der Waals surface area contributed by atoms with Gasteiger partial charge in [-0.3, -0.25) is 4.98 Å². The normalized spacial score (nSPS) is 10.9. The Balaban J connectivity index is 2.24. The Morgan fingerprint density at radius 3 is 2.72 bits per heavy atom. The minimum atomic E-state index is 0.813. The van der Waals surface area contributed by atoms with Gasteiger partial charge in [0.2, 0.25) is 0 Å². The van der Waals surface area contributed by atoms with E-state index < -0.39 is 0 Å². The van der Waals surface area contributed by atoms with Gasteiger partial charge in [-0.25, -0.2) is 0 Å². The largest absolute Gasteiger partial charge is 0.497 e. The van der Waals surface area contributed by atoms with E-state index in [2.05, 4.69) is 24.1 Å². The lowest BCUT2D eigenvalue weighted by molar-refractivity contribution is 0.412. The molecular formula is C15H26N2O. The summed E-state index contributed by atoms with van der Waals surface area (Å²) in [4.78, 5) is 4.49. The summed E-state index contributed by atoms with van der Waals surface area (Å²) in [5, 5.41) is 3.44. The number of aryl methyl sites for hydroxylation is 1. The third-order valence-corrected chi connectivity index (χ3v) is 2.91. The number of rotatable bonds is 8. The summed E-state index contributed by atoms with van der Waals surface area (Å²) in [7, 11) is 1.69. The molecule has 0 aliphatic heterocycles. The van der Waals surface area contributed by atoms with Gasteiger partial charge in [0.15, 0.2) is 0 Å². The first kappa shape index (κ1) is 15.0. The predicted molar refractivity (Wildman–Crippen MR) is 75.9 cm³/mol. The van der Waals surface area contributed by atoms with Crippen molar-refractivity contribution in [3.63, 3.8) is 0 Å². The number of nitrogens with zero attached hydrogens (tertiary/aromatic N) is 1. The fraction of sp³-hybridized carbons (Fsp3) is 0.667. The smallest absolute Gasteiger partial charge is 0.122 e. The number of methoxy groups -OCH3 is 1. The molecule has 3 heteroatoms. The summed E-state index contributed by atoms with van der Waals surface area (Å²) in [5.41, 5.74) is 2.06. The second kappa shape index (κ2) is 8.09. The van der Waals surface area contributed by atoms with Crippen molar-refractivity contribution in [3.8, 4) is 5.75 Å². The first-order valence-electron chi connectivity index (χ1n) is 6.84. The molecule has 3 nitrogen and oxygen atoms in total. The van der Waals surface area contributed by atoms with Crippen molar-refractivity contribution in [3.05, 3.63) is 23.5 Å². The third-order valence-electron chi connectivity index (χ3n) is 2.91. The van der Waals surface area contributed by atoms with E-state index in [-0.39, 0.29) is 0 Å². The lowest BCUT2D eigenvalue weighted by Crippen LogP contribution is -2.16. The molecule has 0 aromatic carbocycles. The topological polar surface area (TPSA) is 34.1 Å². The molecule has 0 fully saturated rings. The van der Waals surface area contributed by atoms with Gasteiger partial charge in [-0.2, -0.15) is 0 Å². The monoisotopic (exact) mass is 250 g/mol. The highest BCUT2D eigenvalue weighted by Crippen LogP contribution is 2.13. The summed E-state index contributed by atoms with van der Waals surface area (Å²) in [6.07, 6.45) is 3.86. The fourth-order valence-corrected chi connectivity index (χ4v) is 1.93. The number of hydrogen-bond donors (Lipinski definition) is 1. The van der Waals surface area contributed by atoms with Crippen LogP contribution in [0.1, 0.15) is 44.5 Å². The quantitative estimate of drug-likeness (QED) is 0.719. The lowest BCUT2D eigenvalue weighted by atomic mass is 10.1. The Hall–Kier alpha value is -1.09. The SMILES string of the molecule is COc1cc(C)nc(CNCCCCC(C)C)c1. The maximum Gasteiger partial charge on any atom is 0.122 e. The minimum Gasteiger partial charge on any atom is -0.497 e. The number of nitrogens with one attached hydrogen (secondary N) is 1. The molecule has 0 atom stereocenters. The molecule has 0 radical (unpaired) electrons. The van der Waals surface area contributed by atoms with E-state index in [0.717, 1.165) is 36.1 Å². The van der Waals surface area contributed by atoms with Gasteiger partial charge in [0.05, 0.1) is 12.8 Å². The van der Waals surface area contributed by atoms with E-state index >= 15 is 0 Å². The molecule has 0 aliphatic carbocycles. The molecule has 0 saturated heterocycles. The average molecular weight is 250 g/mol. The standard InChI is InChI=1S/C15H26N2O/c1-12(2)7-5-6-8-16-11-14-10-15(18-4)9-13(3)17-14/h9-10,12,16H,5-8,11H2,1-4H3. The van der Waals surface area contributed by atoms with Crippen LogP contribution in [0.2, 0.25) is 0 Å². The summed E-state index contributed by atoms with van der Waals surface area (Å²) in [5.74, 6) is 1.70. The molecule has 0 amide bonds. The molecule has 0 spiro atoms. The van der Waals surface area contributed by atoms with Crippen molar-refractivity contribution in [1.82, 2.24) is 10.3 Å². The van der Waals surface area contributed by atoms with Gasteiger partial charge in [-0.15, -0.1) is 0 Å². The van der Waals surface area contributed by atoms with Gasteiger partial charge in [-0.05, 0) is 25.8 Å². The second-order valence-corrected chi connectivity index (χ2v) is 5.21. The fourth-order valence-electron chi connectivity index (χ4n) is 1.93. The van der Waals surface area contributed by atoms with Gasteiger partial charge < -0.3 is 10.1 Å². The number of aromatic nitrogens is 1. The van der Waals surface area contributed by atoms with Crippen LogP contribution >= 0.6 is 0 Å². The highest BCUT2D eigenvalue weighted by atomic mass is 16.5. The molecular weight excluding hydrogens is 224 g/mol. The van der Waals surface area contributed by atoms with Crippen LogP contribution in [-0.4, -0.2) is 18.6 Å². The van der Waals surface area contributed by atoms with Gasteiger partial charge in [-0.1, -0.05) is 26.7 Å². The molecule has 18 heavy (non-hydrogen) atoms. The predicted octanol–water partition coefficient (Wildman–Crippen LogP) is 3.31. The van der Waals surface area contributed by atoms with Crippen molar-refractivity contribution in [2.24, 2.45) is 5.92 Å². The molecule has 1 aromatic heterocycles. The minimum absolute atomic E-state index is 0.813. The van der Waals surface area contributed by atoms with Crippen molar-refractivity contribution >= 4 is 0 Å². The Morgan fingerprint density at radius 2 is 2.06 bits per heavy atom. The van der Waals surface area contributed by atoms with Crippen LogP contribution in [0.25, 0.3) is 0 Å². The van der Waals surface area contributed by atoms with Crippen LogP contribution in [0.3, 0.4) is 0 Å². The van der Waals surface area contributed by atoms with Crippen LogP contribution < -0.4 is 10.1 Å². The molecule has 0 bridgehead atoms. The first-order chi connectivity index (χ1) is 8.61. The number of pyridine rings is 1. The van der Waals surface area contributed by atoms with Crippen LogP contribution in [0.4, 0.5) is 0 Å². The van der Waals surface area contributed by atoms with E-state index in [0.29, 0.717) is 0 Å². The lowest BCUT2D eigenvalue weighted by Gasteiger charge is -2.08. The molecule has 102 valence electrons. The maximum absolute atomic E-state index is 5.24. The van der Waals surface area contributed by atoms with E-state index in [9.17, 15) is 0 Å². The molecule has 0 aliphatic rings. The van der Waals surface area contributed by atoms with Gasteiger partial charge in [0, 0.05) is 24.4 Å². The van der Waals surface area contributed by atoms with Crippen LogP contribution in [0.15, 0.2) is 12.1 Å². The first-order valence-corrected chi connectivity index (χ1v) is 6.84. The van der Waals surface area contributed by atoms with Gasteiger partial charge >= 0.3 is 0 Å². The Labute approximate surface area is 111 Å². The zero-order chi connectivity index (χ0) is 13.4. The highest BCUT2D eigenvalue weighted by Gasteiger charge is 2.00. The van der Waals surface area contributed by atoms with Crippen molar-refractivity contribution in [2.45, 2.75) is 46.6 Å². The second-order valence-electron chi connectivity index (χ2n) is 5.21. The molecule has 0 unspecified atom stereocenters. The van der Waals surface area contributed by atoms with E-state index in [1.807, 2.05) is 19.1 Å². The Morgan fingerprint density at radius 1 is 1.28 bits per heavy atom. The van der Waals surface area contributed by atoms with Gasteiger partial charge in [0.1, 0.15) is 5.75 Å². The van der Waals surface area contributed by atoms with E-state index in [1.165, 1.54) is 19.3 Å². The summed E-state index contributed by atoms with van der Waals surface area (Å²) in [6, 6.07) is 3.94. The average Bonchev–Trinajstić information content (AvgIpc) is 2.32. The summed E-state index contributed by atoms with van der Waals surface area (Å²) < 4.78 is 5.24. The number of unbranched alkanes of at least 4 members (excludes halogenated alkanes) is 1. The summed E-state index contributed by atoms with van der Waals surface area (Å²) >= 11 is 0. The highest BCUT2D eigenvalue weighted by molar-refractivity contribution is 5.26. The maximum atomic E-state index is 5.24. The molecule has 1 N–H and O–H groups in total. The number of ether oxygens (including phenoxy) is 1. The van der Waals surface area contributed by atoms with Crippen molar-refractivity contribution in [1.29, 1.82) is 0 Å². The van der Waals surface area contributed by atoms with Crippen LogP contribution in [0.5, 0.6) is 5.75 Å². The van der Waals surface area contributed by atoms with Gasteiger partial charge in [0.25, 0.3) is 0 Å². The van der Waals surface area contributed by atoms with E-state index in [1.54, 1.807) is 7.11 Å². The molecule has 1 rings (SSSR count). The van der Waals surface area contributed by atoms with E-state index in [4.69, 9.17) is 4.74 Å². The van der Waals surface area contributed by atoms with Crippen molar-refractivity contribution < 1.29 is 4.74 Å².